The molecule has 1 aromatic heterocycles. The van der Waals surface area contributed by atoms with E-state index in [1.54, 1.807) is 4.57 Å². The van der Waals surface area contributed by atoms with E-state index in [1.165, 1.54) is 18.4 Å². The number of allylic oxidation sites excluding steroid dienone is 1. The molecular formula is C23H19IN2O3S. The molecule has 0 spiro atoms. The van der Waals surface area contributed by atoms with E-state index >= 15 is 0 Å². The van der Waals surface area contributed by atoms with Crippen LogP contribution in [0.4, 0.5) is 0 Å². The van der Waals surface area contributed by atoms with Crippen LogP contribution in [0.25, 0.3) is 6.08 Å². The van der Waals surface area contributed by atoms with Crippen LogP contribution < -0.4 is 14.9 Å². The Labute approximate surface area is 191 Å². The van der Waals surface area contributed by atoms with Gasteiger partial charge in [-0.05, 0) is 58.3 Å². The van der Waals surface area contributed by atoms with Gasteiger partial charge in [0.15, 0.2) is 4.80 Å². The van der Waals surface area contributed by atoms with Crippen LogP contribution in [0.3, 0.4) is 0 Å². The molecule has 152 valence electrons. The normalized spacial score (nSPS) is 16.2. The van der Waals surface area contributed by atoms with Crippen LogP contribution in [0.15, 0.2) is 75.7 Å². The fraction of sp³-hybridized carbons (Fsp3) is 0.174. The van der Waals surface area contributed by atoms with E-state index in [0.29, 0.717) is 27.0 Å². The summed E-state index contributed by atoms with van der Waals surface area (Å²) in [6.45, 7) is 1.95. The second-order valence-electron chi connectivity index (χ2n) is 6.75. The van der Waals surface area contributed by atoms with Crippen molar-refractivity contribution in [1.82, 2.24) is 4.57 Å². The number of hydrogen-bond donors (Lipinski definition) is 0. The summed E-state index contributed by atoms with van der Waals surface area (Å²) >= 11 is 3.59. The van der Waals surface area contributed by atoms with Crippen molar-refractivity contribution in [2.45, 2.75) is 19.4 Å². The van der Waals surface area contributed by atoms with Crippen LogP contribution in [0, 0.1) is 3.57 Å². The SMILES string of the molecule is CCC1=C(C(=O)OC)[C@H](c2ccccc2)n2c(s/c(=C\c3cccc(I)c3)c2=O)=N1. The molecule has 1 aliphatic rings. The second kappa shape index (κ2) is 8.69. The van der Waals surface area contributed by atoms with Gasteiger partial charge in [0.1, 0.15) is 0 Å². The van der Waals surface area contributed by atoms with Crippen LogP contribution in [-0.2, 0) is 9.53 Å². The molecule has 0 radical (unpaired) electrons. The number of benzene rings is 2. The predicted octanol–water partition coefficient (Wildman–Crippen LogP) is 3.40. The highest BCUT2D eigenvalue weighted by molar-refractivity contribution is 14.1. The lowest BCUT2D eigenvalue weighted by atomic mass is 9.95. The Kier molecular flexibility index (Phi) is 6.01. The number of halogens is 1. The number of hydrogen-bond acceptors (Lipinski definition) is 5. The lowest BCUT2D eigenvalue weighted by Crippen LogP contribution is -2.40. The molecule has 0 unspecified atom stereocenters. The average Bonchev–Trinajstić information content (AvgIpc) is 3.07. The van der Waals surface area contributed by atoms with Crippen molar-refractivity contribution in [3.05, 3.63) is 100 Å². The van der Waals surface area contributed by atoms with Crippen molar-refractivity contribution >= 4 is 46.0 Å². The van der Waals surface area contributed by atoms with Crippen LogP contribution >= 0.6 is 33.9 Å². The molecule has 1 atom stereocenters. The van der Waals surface area contributed by atoms with E-state index in [4.69, 9.17) is 4.74 Å². The highest BCUT2D eigenvalue weighted by atomic mass is 127. The number of fused-ring (bicyclic) bond motifs is 1. The summed E-state index contributed by atoms with van der Waals surface area (Å²) in [4.78, 5) is 31.4. The summed E-state index contributed by atoms with van der Waals surface area (Å²) in [7, 11) is 1.35. The lowest BCUT2D eigenvalue weighted by Gasteiger charge is -2.25. The number of carbonyl (C=O) groups excluding carboxylic acids is 1. The van der Waals surface area contributed by atoms with E-state index in [1.807, 2.05) is 67.6 Å². The molecule has 0 saturated heterocycles. The van der Waals surface area contributed by atoms with E-state index in [2.05, 4.69) is 27.6 Å². The number of ether oxygens (including phenoxy) is 1. The minimum absolute atomic E-state index is 0.164. The Bertz CT molecular complexity index is 1320. The second-order valence-corrected chi connectivity index (χ2v) is 9.01. The summed E-state index contributed by atoms with van der Waals surface area (Å²) in [6, 6.07) is 16.9. The molecule has 0 saturated carbocycles. The van der Waals surface area contributed by atoms with Gasteiger partial charge in [0, 0.05) is 3.57 Å². The van der Waals surface area contributed by atoms with Crippen molar-refractivity contribution in [3.63, 3.8) is 0 Å². The molecule has 0 fully saturated rings. The molecule has 0 N–H and O–H groups in total. The van der Waals surface area contributed by atoms with Crippen LogP contribution in [-0.4, -0.2) is 17.6 Å². The van der Waals surface area contributed by atoms with Gasteiger partial charge in [-0.1, -0.05) is 60.7 Å². The summed E-state index contributed by atoms with van der Waals surface area (Å²) in [5, 5.41) is 0. The van der Waals surface area contributed by atoms with Gasteiger partial charge >= 0.3 is 5.97 Å². The zero-order chi connectivity index (χ0) is 21.3. The lowest BCUT2D eigenvalue weighted by molar-refractivity contribution is -0.136. The van der Waals surface area contributed by atoms with Gasteiger partial charge in [0.05, 0.1) is 29.0 Å². The number of carbonyl (C=O) groups is 1. The largest absolute Gasteiger partial charge is 0.466 e. The maximum atomic E-state index is 13.4. The maximum absolute atomic E-state index is 13.4. The fourth-order valence-electron chi connectivity index (χ4n) is 3.56. The van der Waals surface area contributed by atoms with Crippen LogP contribution in [0.5, 0.6) is 0 Å². The van der Waals surface area contributed by atoms with Crippen molar-refractivity contribution in [2.24, 2.45) is 4.99 Å². The van der Waals surface area contributed by atoms with Gasteiger partial charge in [-0.25, -0.2) is 9.79 Å². The van der Waals surface area contributed by atoms with E-state index in [9.17, 15) is 9.59 Å². The van der Waals surface area contributed by atoms with Gasteiger partial charge in [0.2, 0.25) is 0 Å². The van der Waals surface area contributed by atoms with E-state index in [-0.39, 0.29) is 5.56 Å². The molecule has 5 nitrogen and oxygen atoms in total. The summed E-state index contributed by atoms with van der Waals surface area (Å²) < 4.78 is 8.36. The fourth-order valence-corrected chi connectivity index (χ4v) is 5.15. The third-order valence-electron chi connectivity index (χ3n) is 4.91. The van der Waals surface area contributed by atoms with E-state index in [0.717, 1.165) is 14.7 Å². The van der Waals surface area contributed by atoms with Crippen LogP contribution in [0.1, 0.15) is 30.5 Å². The minimum Gasteiger partial charge on any atom is -0.466 e. The average molecular weight is 530 g/mol. The molecule has 3 aromatic rings. The molecule has 0 bridgehead atoms. The van der Waals surface area contributed by atoms with Gasteiger partial charge in [0.25, 0.3) is 5.56 Å². The highest BCUT2D eigenvalue weighted by Crippen LogP contribution is 2.31. The van der Waals surface area contributed by atoms with Gasteiger partial charge in [-0.3, -0.25) is 9.36 Å². The Morgan fingerprint density at radius 1 is 1.23 bits per heavy atom. The first kappa shape index (κ1) is 20.7. The highest BCUT2D eigenvalue weighted by Gasteiger charge is 2.33. The molecule has 0 aliphatic carbocycles. The number of esters is 1. The quantitative estimate of drug-likeness (QED) is 0.384. The summed E-state index contributed by atoms with van der Waals surface area (Å²) in [5.74, 6) is -0.462. The standard InChI is InChI=1S/C23H19IN2O3S/c1-3-17-19(22(28)29-2)20(15-9-5-4-6-10-15)26-21(27)18(30-23(26)25-17)13-14-8-7-11-16(24)12-14/h4-13,20H,3H2,1-2H3/b18-13-/t20-/m0/s1. The molecule has 1 aliphatic heterocycles. The first-order chi connectivity index (χ1) is 14.5. The maximum Gasteiger partial charge on any atom is 0.338 e. The molecule has 2 aromatic carbocycles. The number of rotatable bonds is 4. The van der Waals surface area contributed by atoms with Crippen LogP contribution in [0.2, 0.25) is 0 Å². The predicted molar refractivity (Wildman–Crippen MR) is 126 cm³/mol. The summed E-state index contributed by atoms with van der Waals surface area (Å²) in [5.41, 5.74) is 2.70. The number of nitrogens with zero attached hydrogens (tertiary/aromatic N) is 2. The minimum atomic E-state index is -0.567. The first-order valence-corrected chi connectivity index (χ1v) is 11.4. The molecule has 4 rings (SSSR count). The van der Waals surface area contributed by atoms with Crippen molar-refractivity contribution in [1.29, 1.82) is 0 Å². The smallest absolute Gasteiger partial charge is 0.338 e. The third kappa shape index (κ3) is 3.79. The van der Waals surface area contributed by atoms with Gasteiger partial charge < -0.3 is 4.74 Å². The molecule has 30 heavy (non-hydrogen) atoms. The van der Waals surface area contributed by atoms with Crippen molar-refractivity contribution in [2.75, 3.05) is 7.11 Å². The number of aromatic nitrogens is 1. The number of thiazole rings is 1. The third-order valence-corrected chi connectivity index (χ3v) is 6.57. The molecule has 7 heteroatoms. The van der Waals surface area contributed by atoms with Crippen molar-refractivity contribution < 1.29 is 9.53 Å². The zero-order valence-corrected chi connectivity index (χ0v) is 19.4. The van der Waals surface area contributed by atoms with Gasteiger partial charge in [-0.15, -0.1) is 0 Å². The Balaban J connectivity index is 2.01. The zero-order valence-electron chi connectivity index (χ0n) is 16.5. The van der Waals surface area contributed by atoms with Crippen molar-refractivity contribution in [3.8, 4) is 0 Å². The Hall–Kier alpha value is -2.52. The monoisotopic (exact) mass is 530 g/mol. The first-order valence-electron chi connectivity index (χ1n) is 9.47. The van der Waals surface area contributed by atoms with Gasteiger partial charge in [-0.2, -0.15) is 0 Å². The Morgan fingerprint density at radius 2 is 2.00 bits per heavy atom. The topological polar surface area (TPSA) is 60.7 Å². The van der Waals surface area contributed by atoms with E-state index < -0.39 is 12.0 Å². The number of methoxy groups -OCH3 is 1. The summed E-state index contributed by atoms with van der Waals surface area (Å²) in [6.07, 6.45) is 2.44. The molecule has 2 heterocycles. The molecular weight excluding hydrogens is 511 g/mol. The Morgan fingerprint density at radius 3 is 2.67 bits per heavy atom. The molecule has 0 amide bonds.